The number of methoxy groups -OCH3 is 1. The van der Waals surface area contributed by atoms with Crippen LogP contribution >= 0.6 is 11.6 Å². The molecule has 7 nitrogen and oxygen atoms in total. The standard InChI is InChI=1S/C14H8ClN5O2/c1-21-10-4-9(6-16)18-12(5-10)13-19-14(22-20-13)11-3-2-8(15)7-17-11/h2-5,7H,1H3. The Bertz CT molecular complexity index is 854. The normalized spacial score (nSPS) is 10.2. The van der Waals surface area contributed by atoms with E-state index in [9.17, 15) is 0 Å². The number of hydrogen-bond donors (Lipinski definition) is 0. The number of hydrogen-bond acceptors (Lipinski definition) is 7. The fourth-order valence-corrected chi connectivity index (χ4v) is 1.84. The number of aromatic nitrogens is 4. The maximum Gasteiger partial charge on any atom is 0.276 e. The molecule has 8 heteroatoms. The lowest BCUT2D eigenvalue weighted by molar-refractivity contribution is 0.414. The molecule has 0 amide bonds. The quantitative estimate of drug-likeness (QED) is 0.733. The van der Waals surface area contributed by atoms with Crippen molar-refractivity contribution in [3.63, 3.8) is 0 Å². The summed E-state index contributed by atoms with van der Waals surface area (Å²) in [6.45, 7) is 0. The van der Waals surface area contributed by atoms with Crippen LogP contribution in [0.25, 0.3) is 23.1 Å². The van der Waals surface area contributed by atoms with Gasteiger partial charge in [-0.15, -0.1) is 0 Å². The molecule has 0 aliphatic heterocycles. The summed E-state index contributed by atoms with van der Waals surface area (Å²) in [5.41, 5.74) is 1.07. The molecule has 3 aromatic heterocycles. The van der Waals surface area contributed by atoms with Crippen molar-refractivity contribution in [2.45, 2.75) is 0 Å². The van der Waals surface area contributed by atoms with Crippen LogP contribution < -0.4 is 4.74 Å². The molecule has 0 aliphatic carbocycles. The first-order chi connectivity index (χ1) is 10.7. The van der Waals surface area contributed by atoms with E-state index < -0.39 is 0 Å². The second-order valence-corrected chi connectivity index (χ2v) is 4.61. The maximum absolute atomic E-state index is 8.98. The van der Waals surface area contributed by atoms with Crippen molar-refractivity contribution in [3.05, 3.63) is 41.2 Å². The van der Waals surface area contributed by atoms with Gasteiger partial charge in [-0.3, -0.25) is 0 Å². The van der Waals surface area contributed by atoms with Crippen LogP contribution in [0.1, 0.15) is 5.69 Å². The third-order valence-electron chi connectivity index (χ3n) is 2.75. The third kappa shape index (κ3) is 2.73. The molecule has 3 aromatic rings. The SMILES string of the molecule is COc1cc(C#N)nc(-c2noc(-c3ccc(Cl)cn3)n2)c1. The van der Waals surface area contributed by atoms with Crippen LogP contribution in [0, 0.1) is 11.3 Å². The smallest absolute Gasteiger partial charge is 0.276 e. The molecule has 0 aliphatic rings. The van der Waals surface area contributed by atoms with Crippen molar-refractivity contribution in [2.75, 3.05) is 7.11 Å². The number of ether oxygens (including phenoxy) is 1. The Hall–Kier alpha value is -2.98. The van der Waals surface area contributed by atoms with Crippen LogP contribution in [0.4, 0.5) is 0 Å². The molecule has 0 fully saturated rings. The fraction of sp³-hybridized carbons (Fsp3) is 0.0714. The lowest BCUT2D eigenvalue weighted by Gasteiger charge is -2.01. The molecule has 3 heterocycles. The third-order valence-corrected chi connectivity index (χ3v) is 2.97. The molecule has 3 rings (SSSR count). The predicted molar refractivity (Wildman–Crippen MR) is 77.0 cm³/mol. The minimum atomic E-state index is 0.199. The highest BCUT2D eigenvalue weighted by molar-refractivity contribution is 6.30. The Kier molecular flexibility index (Phi) is 3.68. The summed E-state index contributed by atoms with van der Waals surface area (Å²) in [5.74, 6) is 0.953. The molecular weight excluding hydrogens is 306 g/mol. The van der Waals surface area contributed by atoms with Crippen LogP contribution in [0.3, 0.4) is 0 Å². The zero-order chi connectivity index (χ0) is 15.5. The van der Waals surface area contributed by atoms with Gasteiger partial charge in [0.05, 0.1) is 12.1 Å². The molecule has 0 spiro atoms. The average Bonchev–Trinajstić information content (AvgIpc) is 3.05. The molecule has 0 saturated heterocycles. The zero-order valence-electron chi connectivity index (χ0n) is 11.3. The predicted octanol–water partition coefficient (Wildman–Crippen LogP) is 2.73. The van der Waals surface area contributed by atoms with E-state index >= 15 is 0 Å². The molecule has 0 radical (unpaired) electrons. The first-order valence-corrected chi connectivity index (χ1v) is 6.49. The monoisotopic (exact) mass is 313 g/mol. The van der Waals surface area contributed by atoms with Crippen LogP contribution in [-0.4, -0.2) is 27.2 Å². The lowest BCUT2D eigenvalue weighted by Crippen LogP contribution is -1.93. The van der Waals surface area contributed by atoms with Crippen molar-refractivity contribution in [1.82, 2.24) is 20.1 Å². The summed E-state index contributed by atoms with van der Waals surface area (Å²) >= 11 is 5.78. The summed E-state index contributed by atoms with van der Waals surface area (Å²) in [6, 6.07) is 8.43. The number of rotatable bonds is 3. The van der Waals surface area contributed by atoms with Crippen LogP contribution in [-0.2, 0) is 0 Å². The minimum absolute atomic E-state index is 0.199. The highest BCUT2D eigenvalue weighted by atomic mass is 35.5. The molecule has 0 unspecified atom stereocenters. The summed E-state index contributed by atoms with van der Waals surface area (Å²) in [5, 5.41) is 13.3. The fourth-order valence-electron chi connectivity index (χ4n) is 1.73. The summed E-state index contributed by atoms with van der Waals surface area (Å²) < 4.78 is 10.3. The molecular formula is C14H8ClN5O2. The van der Waals surface area contributed by atoms with E-state index in [1.807, 2.05) is 6.07 Å². The van der Waals surface area contributed by atoms with Gasteiger partial charge in [-0.2, -0.15) is 10.2 Å². The lowest BCUT2D eigenvalue weighted by atomic mass is 10.2. The molecule has 108 valence electrons. The number of halogens is 1. The number of nitriles is 1. The first-order valence-electron chi connectivity index (χ1n) is 6.12. The summed E-state index contributed by atoms with van der Waals surface area (Å²) in [6.07, 6.45) is 1.48. The van der Waals surface area contributed by atoms with E-state index in [0.29, 0.717) is 22.2 Å². The highest BCUT2D eigenvalue weighted by Crippen LogP contribution is 2.23. The van der Waals surface area contributed by atoms with E-state index in [0.717, 1.165) is 0 Å². The first kappa shape index (κ1) is 14.0. The van der Waals surface area contributed by atoms with Crippen molar-refractivity contribution >= 4 is 11.6 Å². The second kappa shape index (κ2) is 5.79. The van der Waals surface area contributed by atoms with Crippen molar-refractivity contribution in [1.29, 1.82) is 5.26 Å². The molecule has 0 bridgehead atoms. The molecule has 0 saturated carbocycles. The second-order valence-electron chi connectivity index (χ2n) is 4.17. The summed E-state index contributed by atoms with van der Waals surface area (Å²) in [7, 11) is 1.50. The molecule has 0 atom stereocenters. The van der Waals surface area contributed by atoms with E-state index in [1.165, 1.54) is 19.4 Å². The van der Waals surface area contributed by atoms with E-state index in [1.54, 1.807) is 18.2 Å². The Labute approximate surface area is 130 Å². The van der Waals surface area contributed by atoms with Gasteiger partial charge in [0.1, 0.15) is 28.9 Å². The van der Waals surface area contributed by atoms with Crippen LogP contribution in [0.15, 0.2) is 35.0 Å². The molecule has 22 heavy (non-hydrogen) atoms. The molecule has 0 aromatic carbocycles. The van der Waals surface area contributed by atoms with Gasteiger partial charge in [-0.1, -0.05) is 16.8 Å². The van der Waals surface area contributed by atoms with Gasteiger partial charge >= 0.3 is 0 Å². The van der Waals surface area contributed by atoms with Crippen LogP contribution in [0.5, 0.6) is 5.75 Å². The average molecular weight is 314 g/mol. The van der Waals surface area contributed by atoms with E-state index in [2.05, 4.69) is 20.1 Å². The van der Waals surface area contributed by atoms with Gasteiger partial charge in [-0.25, -0.2) is 9.97 Å². The Morgan fingerprint density at radius 2 is 2.09 bits per heavy atom. The van der Waals surface area contributed by atoms with Crippen molar-refractivity contribution < 1.29 is 9.26 Å². The minimum Gasteiger partial charge on any atom is -0.497 e. The highest BCUT2D eigenvalue weighted by Gasteiger charge is 2.14. The van der Waals surface area contributed by atoms with E-state index in [-0.39, 0.29) is 17.4 Å². The number of nitrogens with zero attached hydrogens (tertiary/aromatic N) is 5. The number of pyridine rings is 2. The topological polar surface area (TPSA) is 97.7 Å². The largest absolute Gasteiger partial charge is 0.497 e. The van der Waals surface area contributed by atoms with Gasteiger partial charge < -0.3 is 9.26 Å². The van der Waals surface area contributed by atoms with Gasteiger partial charge in [-0.05, 0) is 12.1 Å². The maximum atomic E-state index is 8.98. The van der Waals surface area contributed by atoms with E-state index in [4.69, 9.17) is 26.1 Å². The van der Waals surface area contributed by atoms with Crippen molar-refractivity contribution in [2.24, 2.45) is 0 Å². The Morgan fingerprint density at radius 1 is 1.23 bits per heavy atom. The van der Waals surface area contributed by atoms with Gasteiger partial charge in [0.15, 0.2) is 0 Å². The van der Waals surface area contributed by atoms with Crippen LogP contribution in [0.2, 0.25) is 5.02 Å². The molecule has 0 N–H and O–H groups in total. The van der Waals surface area contributed by atoms with Crippen molar-refractivity contribution in [3.8, 4) is 34.9 Å². The van der Waals surface area contributed by atoms with Gasteiger partial charge in [0.2, 0.25) is 5.82 Å². The van der Waals surface area contributed by atoms with Gasteiger partial charge in [0, 0.05) is 18.3 Å². The summed E-state index contributed by atoms with van der Waals surface area (Å²) in [4.78, 5) is 12.4. The Balaban J connectivity index is 2.00. The Morgan fingerprint density at radius 3 is 2.77 bits per heavy atom. The zero-order valence-corrected chi connectivity index (χ0v) is 12.1. The van der Waals surface area contributed by atoms with Gasteiger partial charge in [0.25, 0.3) is 5.89 Å².